The molecule has 0 N–H and O–H groups in total. The molecule has 5 nitrogen and oxygen atoms in total. The monoisotopic (exact) mass is 439 g/mol. The molecule has 0 aliphatic heterocycles. The second-order valence-electron chi connectivity index (χ2n) is 5.74. The van der Waals surface area contributed by atoms with Crippen molar-refractivity contribution in [1.29, 1.82) is 0 Å². The van der Waals surface area contributed by atoms with Crippen LogP contribution in [-0.4, -0.2) is 21.7 Å². The van der Waals surface area contributed by atoms with E-state index < -0.39 is 0 Å². The zero-order valence-electron chi connectivity index (χ0n) is 14.3. The minimum atomic E-state index is -0.158. The Bertz CT molecular complexity index is 1230. The van der Waals surface area contributed by atoms with Gasteiger partial charge in [-0.3, -0.25) is 4.79 Å². The summed E-state index contributed by atoms with van der Waals surface area (Å²) in [5, 5.41) is 4.30. The van der Waals surface area contributed by atoms with Gasteiger partial charge in [-0.1, -0.05) is 57.6 Å². The number of ether oxygens (including phenoxy) is 1. The molecule has 0 fully saturated rings. The number of benzene rings is 2. The van der Waals surface area contributed by atoms with Crippen molar-refractivity contribution in [3.63, 3.8) is 0 Å². The first-order chi connectivity index (χ1) is 13.1. The highest BCUT2D eigenvalue weighted by Gasteiger charge is 2.08. The van der Waals surface area contributed by atoms with Gasteiger partial charge in [-0.25, -0.2) is 0 Å². The van der Waals surface area contributed by atoms with Gasteiger partial charge in [-0.2, -0.15) is 9.50 Å². The fourth-order valence-corrected chi connectivity index (χ4v) is 3.69. The molecule has 2 aromatic heterocycles. The van der Waals surface area contributed by atoms with E-state index in [1.807, 2.05) is 60.7 Å². The van der Waals surface area contributed by atoms with Crippen LogP contribution >= 0.6 is 27.3 Å². The van der Waals surface area contributed by atoms with Gasteiger partial charge in [0, 0.05) is 4.47 Å². The summed E-state index contributed by atoms with van der Waals surface area (Å²) in [5.74, 6) is 1.31. The Labute approximate surface area is 167 Å². The van der Waals surface area contributed by atoms with E-state index in [1.165, 1.54) is 15.9 Å². The van der Waals surface area contributed by atoms with Crippen LogP contribution in [0, 0.1) is 0 Å². The zero-order valence-corrected chi connectivity index (χ0v) is 16.7. The molecule has 27 heavy (non-hydrogen) atoms. The first kappa shape index (κ1) is 17.6. The van der Waals surface area contributed by atoms with Crippen LogP contribution in [0.5, 0.6) is 5.75 Å². The molecule has 0 amide bonds. The predicted molar refractivity (Wildman–Crippen MR) is 112 cm³/mol. The summed E-state index contributed by atoms with van der Waals surface area (Å²) in [4.78, 5) is 17.6. The number of aromatic nitrogens is 3. The summed E-state index contributed by atoms with van der Waals surface area (Å²) in [5.41, 5.74) is 1.80. The average molecular weight is 440 g/mol. The van der Waals surface area contributed by atoms with E-state index >= 15 is 0 Å². The van der Waals surface area contributed by atoms with Crippen LogP contribution in [0.2, 0.25) is 0 Å². The van der Waals surface area contributed by atoms with E-state index in [1.54, 1.807) is 13.2 Å². The molecular formula is C20H14BrN3O2S. The van der Waals surface area contributed by atoms with Gasteiger partial charge in [0.05, 0.1) is 11.6 Å². The molecule has 0 aliphatic rings. The Morgan fingerprint density at radius 1 is 1.04 bits per heavy atom. The smallest absolute Gasteiger partial charge is 0.291 e. The molecule has 0 radical (unpaired) electrons. The summed E-state index contributed by atoms with van der Waals surface area (Å²) < 4.78 is 8.10. The van der Waals surface area contributed by atoms with Gasteiger partial charge in [0.2, 0.25) is 4.96 Å². The third-order valence-corrected chi connectivity index (χ3v) is 5.39. The van der Waals surface area contributed by atoms with Crippen molar-refractivity contribution in [1.82, 2.24) is 14.6 Å². The normalized spacial score (nSPS) is 12.3. The molecule has 2 heterocycles. The maximum Gasteiger partial charge on any atom is 0.291 e. The van der Waals surface area contributed by atoms with Crippen molar-refractivity contribution >= 4 is 50.5 Å². The van der Waals surface area contributed by atoms with Gasteiger partial charge < -0.3 is 4.74 Å². The quantitative estimate of drug-likeness (QED) is 0.486. The fourth-order valence-electron chi connectivity index (χ4n) is 2.52. The van der Waals surface area contributed by atoms with Crippen LogP contribution in [0.1, 0.15) is 17.0 Å². The average Bonchev–Trinajstić information content (AvgIpc) is 3.21. The van der Waals surface area contributed by atoms with Gasteiger partial charge in [0.1, 0.15) is 5.75 Å². The van der Waals surface area contributed by atoms with Gasteiger partial charge in [-0.05, 0) is 47.5 Å². The molecule has 0 saturated carbocycles. The number of hydrogen-bond acceptors (Lipinski definition) is 5. The Morgan fingerprint density at radius 3 is 2.41 bits per heavy atom. The van der Waals surface area contributed by atoms with E-state index in [9.17, 15) is 4.79 Å². The first-order valence-electron chi connectivity index (χ1n) is 8.11. The Balaban J connectivity index is 1.62. The summed E-state index contributed by atoms with van der Waals surface area (Å²) in [6.45, 7) is 0. The minimum Gasteiger partial charge on any atom is -0.497 e. The largest absolute Gasteiger partial charge is 0.497 e. The number of fused-ring (bicyclic) bond motifs is 1. The maximum absolute atomic E-state index is 12.6. The van der Waals surface area contributed by atoms with E-state index in [2.05, 4.69) is 26.0 Å². The number of hydrogen-bond donors (Lipinski definition) is 0. The molecule has 4 rings (SSSR count). The van der Waals surface area contributed by atoms with Crippen LogP contribution in [0.25, 0.3) is 23.2 Å². The third-order valence-electron chi connectivity index (χ3n) is 3.91. The Hall–Kier alpha value is -2.77. The van der Waals surface area contributed by atoms with Crippen LogP contribution in [0.15, 0.2) is 57.8 Å². The van der Waals surface area contributed by atoms with Crippen molar-refractivity contribution in [2.24, 2.45) is 0 Å². The molecule has 0 saturated heterocycles. The summed E-state index contributed by atoms with van der Waals surface area (Å²) in [7, 11) is 1.63. The Kier molecular flexibility index (Phi) is 4.87. The lowest BCUT2D eigenvalue weighted by molar-refractivity contribution is 0.415. The third kappa shape index (κ3) is 3.84. The van der Waals surface area contributed by atoms with E-state index in [-0.39, 0.29) is 5.56 Å². The number of rotatable bonds is 4. The van der Waals surface area contributed by atoms with E-state index in [0.717, 1.165) is 21.3 Å². The van der Waals surface area contributed by atoms with Crippen LogP contribution in [0.4, 0.5) is 0 Å². The molecule has 4 aromatic rings. The van der Waals surface area contributed by atoms with Gasteiger partial charge >= 0.3 is 0 Å². The topological polar surface area (TPSA) is 56.5 Å². The van der Waals surface area contributed by atoms with Crippen molar-refractivity contribution in [3.05, 3.63) is 84.8 Å². The molecule has 0 bridgehead atoms. The first-order valence-corrected chi connectivity index (χ1v) is 9.72. The van der Waals surface area contributed by atoms with E-state index in [4.69, 9.17) is 4.74 Å². The SMILES string of the molecule is COc1ccc(C=Cc2nc3sc(=Cc4ccc(Br)cc4)c(=O)n3n2)cc1. The highest BCUT2D eigenvalue weighted by atomic mass is 79.9. The number of nitrogens with zero attached hydrogens (tertiary/aromatic N) is 3. The van der Waals surface area contributed by atoms with Gasteiger partial charge in [-0.15, -0.1) is 5.10 Å². The lowest BCUT2D eigenvalue weighted by Crippen LogP contribution is -2.23. The van der Waals surface area contributed by atoms with E-state index in [0.29, 0.717) is 15.3 Å². The second-order valence-corrected chi connectivity index (χ2v) is 7.66. The molecule has 2 aromatic carbocycles. The molecule has 7 heteroatoms. The molecule has 134 valence electrons. The minimum absolute atomic E-state index is 0.158. The van der Waals surface area contributed by atoms with Crippen molar-refractivity contribution in [2.75, 3.05) is 7.11 Å². The predicted octanol–water partition coefficient (Wildman–Crippen LogP) is 3.64. The summed E-state index contributed by atoms with van der Waals surface area (Å²) >= 11 is 4.73. The molecule has 0 unspecified atom stereocenters. The standard InChI is InChI=1S/C20H14BrN3O2S/c1-26-16-9-4-13(5-10-16)6-11-18-22-20-24(23-18)19(25)17(27-20)12-14-2-7-15(21)8-3-14/h2-12H,1H3. The number of halogens is 1. The molecule has 0 spiro atoms. The molecule has 0 atom stereocenters. The van der Waals surface area contributed by atoms with Crippen LogP contribution < -0.4 is 14.8 Å². The summed E-state index contributed by atoms with van der Waals surface area (Å²) in [6.07, 6.45) is 5.54. The Morgan fingerprint density at radius 2 is 1.74 bits per heavy atom. The van der Waals surface area contributed by atoms with Crippen molar-refractivity contribution in [3.8, 4) is 5.75 Å². The second kappa shape index (κ2) is 7.46. The van der Waals surface area contributed by atoms with Gasteiger partial charge in [0.15, 0.2) is 5.82 Å². The van der Waals surface area contributed by atoms with Crippen LogP contribution in [-0.2, 0) is 0 Å². The molecular weight excluding hydrogens is 426 g/mol. The van der Waals surface area contributed by atoms with Gasteiger partial charge in [0.25, 0.3) is 5.56 Å². The maximum atomic E-state index is 12.6. The molecule has 0 aliphatic carbocycles. The highest BCUT2D eigenvalue weighted by Crippen LogP contribution is 2.14. The lowest BCUT2D eigenvalue weighted by Gasteiger charge is -1.98. The number of thiazole rings is 1. The summed E-state index contributed by atoms with van der Waals surface area (Å²) in [6, 6.07) is 15.4. The number of methoxy groups -OCH3 is 1. The van der Waals surface area contributed by atoms with Crippen molar-refractivity contribution in [2.45, 2.75) is 0 Å². The zero-order chi connectivity index (χ0) is 18.8. The van der Waals surface area contributed by atoms with Crippen molar-refractivity contribution < 1.29 is 4.74 Å². The lowest BCUT2D eigenvalue weighted by atomic mass is 10.2. The fraction of sp³-hybridized carbons (Fsp3) is 0.0500. The highest BCUT2D eigenvalue weighted by molar-refractivity contribution is 9.10. The van der Waals surface area contributed by atoms with Crippen LogP contribution in [0.3, 0.4) is 0 Å².